The molecule has 0 N–H and O–H groups in total. The van der Waals surface area contributed by atoms with Gasteiger partial charge in [0.25, 0.3) is 10.0 Å². The van der Waals surface area contributed by atoms with E-state index in [1.165, 1.54) is 4.31 Å². The molecule has 0 fully saturated rings. The molecule has 316 valence electrons. The molecule has 64 heavy (non-hydrogen) atoms. The third-order valence-corrected chi connectivity index (χ3v) is 15.1. The second-order valence-electron chi connectivity index (χ2n) is 15.5. The molecule has 0 saturated carbocycles. The summed E-state index contributed by atoms with van der Waals surface area (Å²) in [6.07, 6.45) is 0. The van der Waals surface area contributed by atoms with Crippen molar-refractivity contribution < 1.29 is 26.3 Å². The fraction of sp³-hybridized carbons (Fsp3) is 0.111. The van der Waals surface area contributed by atoms with Gasteiger partial charge in [-0.1, -0.05) is 102 Å². The first-order chi connectivity index (χ1) is 31.0. The van der Waals surface area contributed by atoms with E-state index < -0.39 is 19.9 Å². The summed E-state index contributed by atoms with van der Waals surface area (Å²) in [6, 6.07) is 47.4. The van der Waals surface area contributed by atoms with Crippen molar-refractivity contribution in [1.29, 1.82) is 0 Å². The Bertz CT molecular complexity index is 3440. The topological polar surface area (TPSA) is 94.9 Å². The molecular weight excluding hydrogens is 837 g/mol. The zero-order chi connectivity index (χ0) is 44.6. The molecule has 0 aliphatic carbocycles. The van der Waals surface area contributed by atoms with Crippen LogP contribution in [0.1, 0.15) is 44.6 Å². The molecule has 0 unspecified atom stereocenters. The Hall–Kier alpha value is -7.50. The number of aromatic nitrogens is 1. The van der Waals surface area contributed by atoms with Crippen molar-refractivity contribution in [3.8, 4) is 46.3 Å². The van der Waals surface area contributed by atoms with Crippen LogP contribution in [0.4, 0.5) is 5.69 Å². The standard InChI is InChI=1S/C54H42N2O6S2/c1-37-13-29-45(30-14-37)63(57,58)54-49-10-6-7-11-50(49)55(52(54)34-22-40-19-27-44(62-4)28-20-40)35-41-23-24-42-36-56(64(59,60)46-31-15-38(2)16-32-46)51-12-8-5-9-48(51)53(42)47(41)33-21-39-17-25-43(61-3)26-18-39/h5-20,23-32H,35-36H2,1-4H3. The van der Waals surface area contributed by atoms with Crippen LogP contribution in [-0.4, -0.2) is 35.6 Å². The summed E-state index contributed by atoms with van der Waals surface area (Å²) in [5, 5.41) is 0.535. The maximum atomic E-state index is 14.9. The molecule has 0 amide bonds. The maximum absolute atomic E-state index is 14.9. The van der Waals surface area contributed by atoms with Crippen LogP contribution in [-0.2, 0) is 33.0 Å². The summed E-state index contributed by atoms with van der Waals surface area (Å²) in [7, 11) is -4.86. The van der Waals surface area contributed by atoms with E-state index in [1.807, 2.05) is 128 Å². The molecule has 1 aromatic heterocycles. The molecule has 10 heteroatoms. The fourth-order valence-corrected chi connectivity index (χ4v) is 11.1. The van der Waals surface area contributed by atoms with Crippen LogP contribution in [0.15, 0.2) is 172 Å². The van der Waals surface area contributed by atoms with Gasteiger partial charge in [-0.15, -0.1) is 0 Å². The predicted octanol–water partition coefficient (Wildman–Crippen LogP) is 10.3. The van der Waals surface area contributed by atoms with Gasteiger partial charge in [0.15, 0.2) is 0 Å². The summed E-state index contributed by atoms with van der Waals surface area (Å²) in [5.41, 5.74) is 8.61. The molecule has 7 aromatic carbocycles. The number of ether oxygens (including phenoxy) is 2. The van der Waals surface area contributed by atoms with Gasteiger partial charge in [0.2, 0.25) is 9.84 Å². The first kappa shape index (κ1) is 41.8. The van der Waals surface area contributed by atoms with Gasteiger partial charge in [-0.2, -0.15) is 0 Å². The van der Waals surface area contributed by atoms with Gasteiger partial charge in [0, 0.05) is 33.2 Å². The molecule has 1 aliphatic heterocycles. The van der Waals surface area contributed by atoms with E-state index >= 15 is 0 Å². The van der Waals surface area contributed by atoms with Crippen LogP contribution in [0.5, 0.6) is 11.5 Å². The minimum Gasteiger partial charge on any atom is -0.497 e. The third-order valence-electron chi connectivity index (χ3n) is 11.4. The van der Waals surface area contributed by atoms with Gasteiger partial charge in [0.1, 0.15) is 22.1 Å². The summed E-state index contributed by atoms with van der Waals surface area (Å²) in [5.74, 6) is 14.8. The quantitative estimate of drug-likeness (QED) is 0.141. The van der Waals surface area contributed by atoms with Gasteiger partial charge in [-0.25, -0.2) is 16.8 Å². The van der Waals surface area contributed by atoms with E-state index in [1.54, 1.807) is 62.8 Å². The number of hydrogen-bond donors (Lipinski definition) is 0. The number of fused-ring (bicyclic) bond motifs is 4. The van der Waals surface area contributed by atoms with Crippen molar-refractivity contribution >= 4 is 36.5 Å². The maximum Gasteiger partial charge on any atom is 0.264 e. The van der Waals surface area contributed by atoms with Crippen LogP contribution in [0, 0.1) is 37.5 Å². The molecule has 1 aliphatic rings. The van der Waals surface area contributed by atoms with E-state index in [2.05, 4.69) is 23.7 Å². The van der Waals surface area contributed by atoms with Crippen molar-refractivity contribution in [2.75, 3.05) is 18.5 Å². The Morgan fingerprint density at radius 1 is 0.578 bits per heavy atom. The lowest BCUT2D eigenvalue weighted by Crippen LogP contribution is -2.33. The molecular formula is C54H42N2O6S2. The normalized spacial score (nSPS) is 12.0. The number of sulfone groups is 1. The number of aryl methyl sites for hydroxylation is 2. The average molecular weight is 879 g/mol. The minimum absolute atomic E-state index is 0.0734. The summed E-state index contributed by atoms with van der Waals surface area (Å²) in [4.78, 5) is 0.473. The lowest BCUT2D eigenvalue weighted by Gasteiger charge is -2.33. The largest absolute Gasteiger partial charge is 0.497 e. The number of hydrogen-bond acceptors (Lipinski definition) is 6. The van der Waals surface area contributed by atoms with Gasteiger partial charge in [-0.05, 0) is 116 Å². The van der Waals surface area contributed by atoms with Gasteiger partial charge in [-0.3, -0.25) is 4.31 Å². The first-order valence-corrected chi connectivity index (χ1v) is 23.5. The molecule has 0 atom stereocenters. The smallest absolute Gasteiger partial charge is 0.264 e. The second-order valence-corrected chi connectivity index (χ2v) is 19.3. The second kappa shape index (κ2) is 17.0. The Kier molecular flexibility index (Phi) is 11.1. The number of sulfonamides is 1. The van der Waals surface area contributed by atoms with Crippen LogP contribution >= 0.6 is 0 Å². The summed E-state index contributed by atoms with van der Waals surface area (Å²) in [6.45, 7) is 4.10. The number of para-hydroxylation sites is 2. The SMILES string of the molecule is COc1ccc(C#Cc2c(Cn3c(C#Cc4ccc(OC)cc4)c(S(=O)(=O)c4ccc(C)cc4)c4ccccc43)ccc3c2-c2ccccc2N(S(=O)(=O)c2ccc(C)cc2)C3)cc1. The first-order valence-electron chi connectivity index (χ1n) is 20.5. The molecule has 8 nitrogen and oxygen atoms in total. The zero-order valence-corrected chi connectivity index (χ0v) is 37.2. The van der Waals surface area contributed by atoms with Gasteiger partial charge < -0.3 is 14.0 Å². The van der Waals surface area contributed by atoms with E-state index in [-0.39, 0.29) is 27.8 Å². The Morgan fingerprint density at radius 2 is 1.14 bits per heavy atom. The van der Waals surface area contributed by atoms with E-state index in [0.29, 0.717) is 50.5 Å². The van der Waals surface area contributed by atoms with E-state index in [9.17, 15) is 16.8 Å². The van der Waals surface area contributed by atoms with Crippen LogP contribution in [0.2, 0.25) is 0 Å². The lowest BCUT2D eigenvalue weighted by atomic mass is 9.87. The van der Waals surface area contributed by atoms with Crippen molar-refractivity contribution in [2.45, 2.75) is 41.6 Å². The Morgan fingerprint density at radius 3 is 1.77 bits per heavy atom. The lowest BCUT2D eigenvalue weighted by molar-refractivity contribution is 0.414. The summed E-state index contributed by atoms with van der Waals surface area (Å²) < 4.78 is 72.8. The minimum atomic E-state index is -4.11. The Balaban J connectivity index is 1.27. The highest BCUT2D eigenvalue weighted by molar-refractivity contribution is 7.93. The number of methoxy groups -OCH3 is 2. The number of benzene rings is 7. The highest BCUT2D eigenvalue weighted by Crippen LogP contribution is 2.45. The molecule has 9 rings (SSSR count). The fourth-order valence-electron chi connectivity index (χ4n) is 8.05. The monoisotopic (exact) mass is 878 g/mol. The molecule has 2 heterocycles. The Labute approximate surface area is 374 Å². The van der Waals surface area contributed by atoms with Crippen LogP contribution in [0.25, 0.3) is 22.0 Å². The van der Waals surface area contributed by atoms with Gasteiger partial charge >= 0.3 is 0 Å². The molecule has 0 saturated heterocycles. The molecule has 8 aromatic rings. The van der Waals surface area contributed by atoms with Crippen molar-refractivity contribution in [3.05, 3.63) is 202 Å². The van der Waals surface area contributed by atoms with Crippen LogP contribution in [0.3, 0.4) is 0 Å². The predicted molar refractivity (Wildman–Crippen MR) is 252 cm³/mol. The van der Waals surface area contributed by atoms with Crippen LogP contribution < -0.4 is 13.8 Å². The van der Waals surface area contributed by atoms with Gasteiger partial charge in [0.05, 0.1) is 48.3 Å². The van der Waals surface area contributed by atoms with Crippen molar-refractivity contribution in [3.63, 3.8) is 0 Å². The highest BCUT2D eigenvalue weighted by atomic mass is 32.2. The number of rotatable bonds is 8. The average Bonchev–Trinajstić information content (AvgIpc) is 3.64. The third kappa shape index (κ3) is 7.79. The molecule has 0 radical (unpaired) electrons. The van der Waals surface area contributed by atoms with E-state index in [0.717, 1.165) is 33.4 Å². The highest BCUT2D eigenvalue weighted by Gasteiger charge is 2.34. The van der Waals surface area contributed by atoms with Crippen molar-refractivity contribution in [1.82, 2.24) is 4.57 Å². The van der Waals surface area contributed by atoms with Crippen molar-refractivity contribution in [2.24, 2.45) is 0 Å². The summed E-state index contributed by atoms with van der Waals surface area (Å²) >= 11 is 0. The molecule has 0 spiro atoms. The molecule has 0 bridgehead atoms. The zero-order valence-electron chi connectivity index (χ0n) is 35.6. The number of anilines is 1. The van der Waals surface area contributed by atoms with E-state index in [4.69, 9.17) is 9.47 Å². The number of nitrogens with zero attached hydrogens (tertiary/aromatic N) is 2.